The van der Waals surface area contributed by atoms with Crippen molar-refractivity contribution in [1.29, 1.82) is 0 Å². The number of halogens is 2. The second kappa shape index (κ2) is 7.14. The maximum absolute atomic E-state index is 14.1. The SMILES string of the molecule is CC(C)c1cc2cccc(SCc3c(C(=O)O)ccc(F)c3F)c2s1. The molecule has 25 heavy (non-hydrogen) atoms. The molecule has 1 aromatic heterocycles. The molecule has 0 radical (unpaired) electrons. The van der Waals surface area contributed by atoms with Crippen molar-refractivity contribution in [1.82, 2.24) is 0 Å². The fraction of sp³-hybridized carbons (Fsp3) is 0.211. The minimum absolute atomic E-state index is 0.0548. The molecule has 2 nitrogen and oxygen atoms in total. The molecule has 0 saturated carbocycles. The molecule has 0 bridgehead atoms. The Hall–Kier alpha value is -1.92. The zero-order chi connectivity index (χ0) is 18.1. The van der Waals surface area contributed by atoms with E-state index < -0.39 is 17.6 Å². The molecule has 3 aromatic rings. The van der Waals surface area contributed by atoms with Crippen LogP contribution in [-0.2, 0) is 5.75 Å². The minimum Gasteiger partial charge on any atom is -0.478 e. The minimum atomic E-state index is -1.26. The van der Waals surface area contributed by atoms with Crippen molar-refractivity contribution < 1.29 is 18.7 Å². The molecule has 0 unspecified atom stereocenters. The normalized spacial score (nSPS) is 11.4. The number of thioether (sulfide) groups is 1. The predicted octanol–water partition coefficient (Wildman–Crippen LogP) is 6.29. The van der Waals surface area contributed by atoms with Gasteiger partial charge in [0.25, 0.3) is 0 Å². The Labute approximate surface area is 152 Å². The van der Waals surface area contributed by atoms with E-state index in [0.29, 0.717) is 5.92 Å². The van der Waals surface area contributed by atoms with E-state index in [1.807, 2.05) is 18.2 Å². The largest absolute Gasteiger partial charge is 0.478 e. The maximum atomic E-state index is 14.1. The lowest BCUT2D eigenvalue weighted by Crippen LogP contribution is -2.06. The van der Waals surface area contributed by atoms with Crippen LogP contribution in [0.4, 0.5) is 8.78 Å². The highest BCUT2D eigenvalue weighted by Gasteiger charge is 2.19. The van der Waals surface area contributed by atoms with Crippen molar-refractivity contribution in [3.8, 4) is 0 Å². The summed E-state index contributed by atoms with van der Waals surface area (Å²) in [5.74, 6) is -2.91. The van der Waals surface area contributed by atoms with Crippen LogP contribution in [0.5, 0.6) is 0 Å². The molecule has 1 heterocycles. The third kappa shape index (κ3) is 3.55. The second-order valence-corrected chi connectivity index (χ2v) is 8.06. The van der Waals surface area contributed by atoms with E-state index in [4.69, 9.17) is 0 Å². The Bertz CT molecular complexity index is 948. The second-order valence-electron chi connectivity index (χ2n) is 5.96. The van der Waals surface area contributed by atoms with Crippen LogP contribution in [0.3, 0.4) is 0 Å². The number of carboxylic acids is 1. The van der Waals surface area contributed by atoms with Crippen LogP contribution in [0.25, 0.3) is 10.1 Å². The van der Waals surface area contributed by atoms with E-state index in [0.717, 1.165) is 27.1 Å². The van der Waals surface area contributed by atoms with Crippen molar-refractivity contribution in [2.24, 2.45) is 0 Å². The number of hydrogen-bond donors (Lipinski definition) is 1. The smallest absolute Gasteiger partial charge is 0.336 e. The van der Waals surface area contributed by atoms with Crippen molar-refractivity contribution >= 4 is 39.2 Å². The van der Waals surface area contributed by atoms with Gasteiger partial charge in [0.2, 0.25) is 0 Å². The number of aromatic carboxylic acids is 1. The first-order valence-electron chi connectivity index (χ1n) is 7.74. The summed E-state index contributed by atoms with van der Waals surface area (Å²) < 4.78 is 28.7. The Morgan fingerprint density at radius 3 is 2.68 bits per heavy atom. The van der Waals surface area contributed by atoms with Crippen LogP contribution in [0.1, 0.15) is 40.6 Å². The lowest BCUT2D eigenvalue weighted by atomic mass is 10.1. The van der Waals surface area contributed by atoms with Gasteiger partial charge in [-0.05, 0) is 35.6 Å². The first-order valence-corrected chi connectivity index (χ1v) is 9.54. The van der Waals surface area contributed by atoms with Gasteiger partial charge in [-0.25, -0.2) is 13.6 Å². The summed E-state index contributed by atoms with van der Waals surface area (Å²) >= 11 is 3.00. The van der Waals surface area contributed by atoms with Crippen molar-refractivity contribution in [3.63, 3.8) is 0 Å². The quantitative estimate of drug-likeness (QED) is 0.530. The van der Waals surface area contributed by atoms with Crippen LogP contribution >= 0.6 is 23.1 Å². The lowest BCUT2D eigenvalue weighted by Gasteiger charge is -2.09. The van der Waals surface area contributed by atoms with Crippen LogP contribution in [0.15, 0.2) is 41.3 Å². The molecule has 0 aliphatic carbocycles. The number of carboxylic acid groups (broad SMARTS) is 1. The van der Waals surface area contributed by atoms with E-state index in [9.17, 15) is 18.7 Å². The summed E-state index contributed by atoms with van der Waals surface area (Å²) in [4.78, 5) is 13.5. The average molecular weight is 378 g/mol. The molecule has 0 fully saturated rings. The highest BCUT2D eigenvalue weighted by Crippen LogP contribution is 2.38. The molecular formula is C19H16F2O2S2. The Morgan fingerprint density at radius 2 is 2.00 bits per heavy atom. The number of rotatable bonds is 5. The summed E-state index contributed by atoms with van der Waals surface area (Å²) in [5.41, 5.74) is -0.317. The first kappa shape index (κ1) is 17.9. The number of carbonyl (C=O) groups is 1. The van der Waals surface area contributed by atoms with Crippen LogP contribution in [0, 0.1) is 11.6 Å². The molecule has 0 amide bonds. The Kier molecular flexibility index (Phi) is 5.11. The van der Waals surface area contributed by atoms with Gasteiger partial charge in [0.1, 0.15) is 0 Å². The maximum Gasteiger partial charge on any atom is 0.336 e. The monoisotopic (exact) mass is 378 g/mol. The third-order valence-electron chi connectivity index (χ3n) is 3.89. The lowest BCUT2D eigenvalue weighted by molar-refractivity contribution is 0.0695. The molecular weight excluding hydrogens is 362 g/mol. The highest BCUT2D eigenvalue weighted by molar-refractivity contribution is 7.98. The van der Waals surface area contributed by atoms with Gasteiger partial charge in [-0.15, -0.1) is 23.1 Å². The Morgan fingerprint density at radius 1 is 1.24 bits per heavy atom. The molecule has 0 aliphatic heterocycles. The third-order valence-corrected chi connectivity index (χ3v) is 6.59. The number of fused-ring (bicyclic) bond motifs is 1. The summed E-state index contributed by atoms with van der Waals surface area (Å²) in [6.07, 6.45) is 0. The van der Waals surface area contributed by atoms with Crippen LogP contribution in [-0.4, -0.2) is 11.1 Å². The standard InChI is InChI=1S/C19H16F2O2S2/c1-10(2)16-8-11-4-3-5-15(18(11)25-16)24-9-13-12(19(22)23)6-7-14(20)17(13)21/h3-8,10H,9H2,1-2H3,(H,22,23). The molecule has 1 N–H and O–H groups in total. The van der Waals surface area contributed by atoms with Gasteiger partial charge in [0.05, 0.1) is 5.56 Å². The van der Waals surface area contributed by atoms with Gasteiger partial charge in [-0.2, -0.15) is 0 Å². The molecule has 130 valence electrons. The topological polar surface area (TPSA) is 37.3 Å². The molecule has 0 atom stereocenters. The van der Waals surface area contributed by atoms with Gasteiger partial charge in [0.15, 0.2) is 11.6 Å². The Balaban J connectivity index is 1.96. The summed E-state index contributed by atoms with van der Waals surface area (Å²) in [5, 5.41) is 10.3. The van der Waals surface area contributed by atoms with Gasteiger partial charge in [0, 0.05) is 25.8 Å². The van der Waals surface area contributed by atoms with E-state index in [2.05, 4.69) is 19.9 Å². The summed E-state index contributed by atoms with van der Waals surface area (Å²) in [6, 6.07) is 9.96. The van der Waals surface area contributed by atoms with E-state index in [1.54, 1.807) is 11.3 Å². The molecule has 2 aromatic carbocycles. The first-order chi connectivity index (χ1) is 11.9. The number of thiophene rings is 1. The fourth-order valence-corrected chi connectivity index (χ4v) is 4.92. The average Bonchev–Trinajstić information content (AvgIpc) is 3.01. The van der Waals surface area contributed by atoms with Crippen molar-refractivity contribution in [2.45, 2.75) is 30.4 Å². The van der Waals surface area contributed by atoms with E-state index >= 15 is 0 Å². The molecule has 0 aliphatic rings. The van der Waals surface area contributed by atoms with Gasteiger partial charge < -0.3 is 5.11 Å². The molecule has 0 spiro atoms. The number of hydrogen-bond acceptors (Lipinski definition) is 3. The van der Waals surface area contributed by atoms with Gasteiger partial charge in [-0.3, -0.25) is 0 Å². The van der Waals surface area contributed by atoms with Crippen molar-refractivity contribution in [3.05, 3.63) is 64.0 Å². The molecule has 0 saturated heterocycles. The van der Waals surface area contributed by atoms with Crippen LogP contribution in [0.2, 0.25) is 0 Å². The van der Waals surface area contributed by atoms with E-state index in [-0.39, 0.29) is 16.9 Å². The van der Waals surface area contributed by atoms with Gasteiger partial charge >= 0.3 is 5.97 Å². The summed E-state index contributed by atoms with van der Waals surface area (Å²) in [6.45, 7) is 4.25. The number of benzene rings is 2. The van der Waals surface area contributed by atoms with Crippen LogP contribution < -0.4 is 0 Å². The zero-order valence-corrected chi connectivity index (χ0v) is 15.3. The molecule has 3 rings (SSSR count). The fourth-order valence-electron chi connectivity index (χ4n) is 2.54. The highest BCUT2D eigenvalue weighted by atomic mass is 32.2. The van der Waals surface area contributed by atoms with Crippen molar-refractivity contribution in [2.75, 3.05) is 0 Å². The van der Waals surface area contributed by atoms with Gasteiger partial charge in [-0.1, -0.05) is 26.0 Å². The summed E-state index contributed by atoms with van der Waals surface area (Å²) in [7, 11) is 0. The predicted molar refractivity (Wildman–Crippen MR) is 98.8 cm³/mol. The van der Waals surface area contributed by atoms with E-state index in [1.165, 1.54) is 16.6 Å². The molecule has 6 heteroatoms. The zero-order valence-electron chi connectivity index (χ0n) is 13.7.